The summed E-state index contributed by atoms with van der Waals surface area (Å²) in [4.78, 5) is 33.9. The van der Waals surface area contributed by atoms with Crippen LogP contribution in [0.3, 0.4) is 0 Å². The van der Waals surface area contributed by atoms with Gasteiger partial charge in [-0.25, -0.2) is 4.79 Å². The minimum absolute atomic E-state index is 0.296. The molecular weight excluding hydrogens is 262 g/mol. The van der Waals surface area contributed by atoms with Crippen molar-refractivity contribution in [2.24, 2.45) is 5.73 Å². The zero-order valence-electron chi connectivity index (χ0n) is 10.9. The molecular formula is C13H17N3O4. The van der Waals surface area contributed by atoms with Crippen LogP contribution in [0.25, 0.3) is 0 Å². The van der Waals surface area contributed by atoms with Gasteiger partial charge < -0.3 is 20.7 Å². The van der Waals surface area contributed by atoms with Gasteiger partial charge in [0.1, 0.15) is 11.7 Å². The average molecular weight is 279 g/mol. The fourth-order valence-electron chi connectivity index (χ4n) is 2.20. The molecule has 108 valence electrons. The van der Waals surface area contributed by atoms with E-state index in [-0.39, 0.29) is 0 Å². The second-order valence-corrected chi connectivity index (χ2v) is 4.92. The average Bonchev–Trinajstić information content (AvgIpc) is 2.73. The van der Waals surface area contributed by atoms with Gasteiger partial charge in [-0.15, -0.1) is 0 Å². The first-order chi connectivity index (χ1) is 9.49. The molecule has 0 radical (unpaired) electrons. The summed E-state index contributed by atoms with van der Waals surface area (Å²) in [6.07, 6.45) is 4.54. The first-order valence-electron chi connectivity index (χ1n) is 6.48. The smallest absolute Gasteiger partial charge is 0.326 e. The van der Waals surface area contributed by atoms with Gasteiger partial charge in [0.2, 0.25) is 5.91 Å². The van der Waals surface area contributed by atoms with E-state index in [0.29, 0.717) is 11.7 Å². The maximum Gasteiger partial charge on any atom is 0.326 e. The Hall–Kier alpha value is -2.31. The fraction of sp³-hybridized carbons (Fsp3) is 0.462. The topological polar surface area (TPSA) is 114 Å². The predicted octanol–water partition coefficient (Wildman–Crippen LogP) is 0.271. The SMILES string of the molecule is NC(=O)C[C@H](NC(=O)c1cccn1C1CCC1)C(=O)O. The molecule has 1 aliphatic carbocycles. The number of carbonyl (C=O) groups is 3. The maximum atomic E-state index is 12.1. The predicted molar refractivity (Wildman–Crippen MR) is 70.0 cm³/mol. The van der Waals surface area contributed by atoms with Gasteiger partial charge in [-0.1, -0.05) is 0 Å². The van der Waals surface area contributed by atoms with Gasteiger partial charge in [0, 0.05) is 12.2 Å². The van der Waals surface area contributed by atoms with Gasteiger partial charge >= 0.3 is 5.97 Å². The Morgan fingerprint density at radius 1 is 1.45 bits per heavy atom. The van der Waals surface area contributed by atoms with Crippen LogP contribution in [0.15, 0.2) is 18.3 Å². The van der Waals surface area contributed by atoms with E-state index in [4.69, 9.17) is 10.8 Å². The number of nitrogens with two attached hydrogens (primary N) is 1. The molecule has 2 rings (SSSR count). The minimum Gasteiger partial charge on any atom is -0.480 e. The second kappa shape index (κ2) is 5.77. The summed E-state index contributed by atoms with van der Waals surface area (Å²) in [5.41, 5.74) is 5.38. The molecule has 20 heavy (non-hydrogen) atoms. The van der Waals surface area contributed by atoms with Crippen LogP contribution in [0.2, 0.25) is 0 Å². The van der Waals surface area contributed by atoms with Gasteiger partial charge in [0.05, 0.1) is 6.42 Å². The number of amides is 2. The number of hydrogen-bond donors (Lipinski definition) is 3. The van der Waals surface area contributed by atoms with Crippen LogP contribution in [0.4, 0.5) is 0 Å². The Labute approximate surface area is 115 Å². The van der Waals surface area contributed by atoms with Crippen molar-refractivity contribution in [3.05, 3.63) is 24.0 Å². The molecule has 0 bridgehead atoms. The van der Waals surface area contributed by atoms with Crippen molar-refractivity contribution < 1.29 is 19.5 Å². The van der Waals surface area contributed by atoms with Crippen LogP contribution < -0.4 is 11.1 Å². The lowest BCUT2D eigenvalue weighted by Crippen LogP contribution is -2.44. The molecule has 2 amide bonds. The number of carbonyl (C=O) groups excluding carboxylic acids is 2. The largest absolute Gasteiger partial charge is 0.480 e. The van der Waals surface area contributed by atoms with Crippen molar-refractivity contribution in [3.63, 3.8) is 0 Å². The van der Waals surface area contributed by atoms with Crippen LogP contribution >= 0.6 is 0 Å². The molecule has 1 aromatic rings. The van der Waals surface area contributed by atoms with Crippen LogP contribution in [0, 0.1) is 0 Å². The van der Waals surface area contributed by atoms with Crippen molar-refractivity contribution in [2.45, 2.75) is 37.8 Å². The molecule has 1 aromatic heterocycles. The van der Waals surface area contributed by atoms with E-state index in [2.05, 4.69) is 5.32 Å². The zero-order valence-corrected chi connectivity index (χ0v) is 10.9. The summed E-state index contributed by atoms with van der Waals surface area (Å²) in [6.45, 7) is 0. The van der Waals surface area contributed by atoms with E-state index in [1.807, 2.05) is 10.8 Å². The van der Waals surface area contributed by atoms with Crippen molar-refractivity contribution in [1.29, 1.82) is 0 Å². The fourth-order valence-corrected chi connectivity index (χ4v) is 2.20. The summed E-state index contributed by atoms with van der Waals surface area (Å²) in [7, 11) is 0. The number of aromatic nitrogens is 1. The van der Waals surface area contributed by atoms with E-state index in [1.54, 1.807) is 12.1 Å². The van der Waals surface area contributed by atoms with Gasteiger partial charge in [-0.3, -0.25) is 9.59 Å². The third-order valence-corrected chi connectivity index (χ3v) is 3.49. The normalized spacial score (nSPS) is 16.2. The number of carboxylic acid groups (broad SMARTS) is 1. The van der Waals surface area contributed by atoms with Crippen LogP contribution in [-0.2, 0) is 9.59 Å². The highest BCUT2D eigenvalue weighted by molar-refractivity contribution is 5.96. The van der Waals surface area contributed by atoms with Gasteiger partial charge in [-0.2, -0.15) is 0 Å². The molecule has 7 heteroatoms. The van der Waals surface area contributed by atoms with Crippen LogP contribution in [0.5, 0.6) is 0 Å². The highest BCUT2D eigenvalue weighted by atomic mass is 16.4. The van der Waals surface area contributed by atoms with Gasteiger partial charge in [0.25, 0.3) is 5.91 Å². The Balaban J connectivity index is 2.08. The second-order valence-electron chi connectivity index (χ2n) is 4.92. The van der Waals surface area contributed by atoms with Gasteiger partial charge in [0.15, 0.2) is 0 Å². The highest BCUT2D eigenvalue weighted by Gasteiger charge is 2.27. The Morgan fingerprint density at radius 2 is 2.15 bits per heavy atom. The van der Waals surface area contributed by atoms with Crippen molar-refractivity contribution in [1.82, 2.24) is 9.88 Å². The summed E-state index contributed by atoms with van der Waals surface area (Å²) < 4.78 is 1.85. The molecule has 1 atom stereocenters. The molecule has 7 nitrogen and oxygen atoms in total. The molecule has 4 N–H and O–H groups in total. The monoisotopic (exact) mass is 279 g/mol. The van der Waals surface area contributed by atoms with Crippen molar-refractivity contribution >= 4 is 17.8 Å². The van der Waals surface area contributed by atoms with Crippen LogP contribution in [0.1, 0.15) is 42.2 Å². The van der Waals surface area contributed by atoms with E-state index in [0.717, 1.165) is 19.3 Å². The van der Waals surface area contributed by atoms with Crippen molar-refractivity contribution in [3.8, 4) is 0 Å². The number of primary amides is 1. The van der Waals surface area contributed by atoms with E-state index in [9.17, 15) is 14.4 Å². The highest BCUT2D eigenvalue weighted by Crippen LogP contribution is 2.32. The molecule has 0 aromatic carbocycles. The lowest BCUT2D eigenvalue weighted by molar-refractivity contribution is -0.140. The molecule has 0 saturated heterocycles. The first kappa shape index (κ1) is 14.1. The molecule has 1 aliphatic rings. The molecule has 0 aliphatic heterocycles. The van der Waals surface area contributed by atoms with E-state index in [1.165, 1.54) is 0 Å². The quantitative estimate of drug-likeness (QED) is 0.693. The summed E-state index contributed by atoms with van der Waals surface area (Å²) in [6, 6.07) is 2.38. The Morgan fingerprint density at radius 3 is 2.65 bits per heavy atom. The number of nitrogens with one attached hydrogen (secondary N) is 1. The minimum atomic E-state index is -1.30. The number of hydrogen-bond acceptors (Lipinski definition) is 3. The Bertz CT molecular complexity index is 533. The number of aliphatic carboxylic acids is 1. The number of carboxylic acids is 1. The number of nitrogens with zero attached hydrogens (tertiary/aromatic N) is 1. The maximum absolute atomic E-state index is 12.1. The van der Waals surface area contributed by atoms with Crippen LogP contribution in [-0.4, -0.2) is 33.5 Å². The van der Waals surface area contributed by atoms with E-state index < -0.39 is 30.2 Å². The van der Waals surface area contributed by atoms with E-state index >= 15 is 0 Å². The zero-order chi connectivity index (χ0) is 14.7. The Kier molecular flexibility index (Phi) is 4.07. The number of rotatable bonds is 6. The standard InChI is InChI=1S/C13H17N3O4/c14-11(17)7-9(13(19)20)15-12(18)10-5-2-6-16(10)8-3-1-4-8/h2,5-6,8-9H,1,3-4,7H2,(H2,14,17)(H,15,18)(H,19,20)/t9-/m0/s1. The van der Waals surface area contributed by atoms with Gasteiger partial charge in [-0.05, 0) is 31.4 Å². The molecule has 1 heterocycles. The summed E-state index contributed by atoms with van der Waals surface area (Å²) in [5.74, 6) is -2.55. The first-order valence-corrected chi connectivity index (χ1v) is 6.48. The lowest BCUT2D eigenvalue weighted by atomic mass is 9.93. The molecule has 0 spiro atoms. The molecule has 1 saturated carbocycles. The molecule has 0 unspecified atom stereocenters. The lowest BCUT2D eigenvalue weighted by Gasteiger charge is -2.29. The van der Waals surface area contributed by atoms with Crippen molar-refractivity contribution in [2.75, 3.05) is 0 Å². The molecule has 1 fully saturated rings. The third kappa shape index (κ3) is 2.98. The summed E-state index contributed by atoms with van der Waals surface area (Å²) in [5, 5.41) is 11.3. The summed E-state index contributed by atoms with van der Waals surface area (Å²) >= 11 is 0. The third-order valence-electron chi connectivity index (χ3n) is 3.49.